The largest absolute Gasteiger partial charge is 0.481 e. The Balaban J connectivity index is 1.34. The zero-order valence-electron chi connectivity index (χ0n) is 22.1. The van der Waals surface area contributed by atoms with Crippen LogP contribution in [-0.2, 0) is 0 Å². The molecule has 0 aliphatic carbocycles. The smallest absolute Gasteiger partial charge is 0.319 e. The van der Waals surface area contributed by atoms with Gasteiger partial charge in [0.05, 0.1) is 28.4 Å². The topological polar surface area (TPSA) is 115 Å². The minimum absolute atomic E-state index is 0.227. The lowest BCUT2D eigenvalue weighted by molar-refractivity contribution is 0.107. The van der Waals surface area contributed by atoms with Gasteiger partial charge in [0.25, 0.3) is 0 Å². The molecule has 7 rings (SSSR count). The summed E-state index contributed by atoms with van der Waals surface area (Å²) in [4.78, 5) is 23.2. The molecular weight excluding hydrogens is 538 g/mol. The van der Waals surface area contributed by atoms with Crippen LogP contribution in [0.4, 0.5) is 19.7 Å². The zero-order chi connectivity index (χ0) is 27.4. The third-order valence-corrected chi connectivity index (χ3v) is 9.13. The summed E-state index contributed by atoms with van der Waals surface area (Å²) < 4.78 is 41.3. The molecule has 0 saturated carbocycles. The number of pyridine rings is 1. The van der Waals surface area contributed by atoms with Crippen molar-refractivity contribution < 1.29 is 18.3 Å². The minimum atomic E-state index is -0.843. The molecular formula is C27H30F2N8O2S. The predicted molar refractivity (Wildman–Crippen MR) is 150 cm³/mol. The quantitative estimate of drug-likeness (QED) is 0.359. The molecule has 4 aromatic rings. The van der Waals surface area contributed by atoms with Crippen molar-refractivity contribution in [2.24, 2.45) is 0 Å². The van der Waals surface area contributed by atoms with Crippen LogP contribution in [0.2, 0.25) is 0 Å². The number of nitrogens with one attached hydrogen (secondary N) is 1. The molecule has 0 amide bonds. The summed E-state index contributed by atoms with van der Waals surface area (Å²) in [6, 6.07) is 5.13. The number of anilines is 2. The fourth-order valence-corrected chi connectivity index (χ4v) is 7.14. The SMILES string of the molecule is COc1nc2c(N3CCNCC3)nc(OCC34CCCN3C[C@H](F)C4)nc2cc1-c1ccc(F)c2sc(N)nc12. The minimum Gasteiger partial charge on any atom is -0.481 e. The van der Waals surface area contributed by atoms with Crippen LogP contribution in [0.25, 0.3) is 32.4 Å². The number of nitrogens with zero attached hydrogens (tertiary/aromatic N) is 6. The van der Waals surface area contributed by atoms with Crippen molar-refractivity contribution in [3.8, 4) is 23.0 Å². The number of aromatic nitrogens is 4. The molecule has 2 atom stereocenters. The maximum atomic E-state index is 14.6. The molecule has 3 N–H and O–H groups in total. The van der Waals surface area contributed by atoms with Crippen molar-refractivity contribution in [1.82, 2.24) is 30.2 Å². The van der Waals surface area contributed by atoms with Gasteiger partial charge >= 0.3 is 6.01 Å². The molecule has 13 heteroatoms. The highest BCUT2D eigenvalue weighted by Gasteiger charge is 2.49. The van der Waals surface area contributed by atoms with E-state index in [1.54, 1.807) is 13.2 Å². The van der Waals surface area contributed by atoms with Crippen molar-refractivity contribution in [2.75, 3.05) is 63.6 Å². The average Bonchev–Trinajstić information content (AvgIpc) is 3.63. The first-order valence-electron chi connectivity index (χ1n) is 13.5. The van der Waals surface area contributed by atoms with E-state index in [-0.39, 0.29) is 22.5 Å². The van der Waals surface area contributed by atoms with E-state index in [1.807, 2.05) is 6.07 Å². The van der Waals surface area contributed by atoms with Crippen molar-refractivity contribution in [2.45, 2.75) is 31.0 Å². The number of nitrogen functional groups attached to an aromatic ring is 1. The summed E-state index contributed by atoms with van der Waals surface area (Å²) in [5, 5.41) is 3.64. The summed E-state index contributed by atoms with van der Waals surface area (Å²) in [5.74, 6) is 0.618. The van der Waals surface area contributed by atoms with E-state index in [0.717, 1.165) is 56.9 Å². The van der Waals surface area contributed by atoms with E-state index in [9.17, 15) is 8.78 Å². The number of piperazine rings is 1. The molecule has 3 aliphatic heterocycles. The molecule has 40 heavy (non-hydrogen) atoms. The standard InChI is InChI=1S/C27H30F2N8O2S/c1-38-24-17(16-3-4-18(29)22-20(16)34-25(30)40-22)11-19-21(33-24)23(36-9-6-31-7-10-36)35-26(32-19)39-14-27-5-2-8-37(27)13-15(28)12-27/h3-4,11,15,31H,2,5-10,12-14H2,1H3,(H2,30,34)/t15-,27?/m1/s1. The Morgan fingerprint density at radius 2 is 1.98 bits per heavy atom. The molecule has 0 bridgehead atoms. The lowest BCUT2D eigenvalue weighted by Gasteiger charge is -2.31. The van der Waals surface area contributed by atoms with Crippen molar-refractivity contribution >= 4 is 43.5 Å². The second-order valence-corrected chi connectivity index (χ2v) is 11.7. The Morgan fingerprint density at radius 3 is 2.80 bits per heavy atom. The maximum Gasteiger partial charge on any atom is 0.319 e. The molecule has 10 nitrogen and oxygen atoms in total. The van der Waals surface area contributed by atoms with E-state index in [1.165, 1.54) is 6.07 Å². The highest BCUT2D eigenvalue weighted by atomic mass is 32.1. The monoisotopic (exact) mass is 568 g/mol. The molecule has 3 aromatic heterocycles. The van der Waals surface area contributed by atoms with Gasteiger partial charge in [0.15, 0.2) is 10.9 Å². The molecule has 210 valence electrons. The molecule has 1 aromatic carbocycles. The fourth-order valence-electron chi connectivity index (χ4n) is 6.37. The third-order valence-electron chi connectivity index (χ3n) is 8.24. The number of halogens is 2. The van der Waals surface area contributed by atoms with Gasteiger partial charge in [0, 0.05) is 50.3 Å². The average molecular weight is 569 g/mol. The van der Waals surface area contributed by atoms with Crippen LogP contribution in [0.1, 0.15) is 19.3 Å². The van der Waals surface area contributed by atoms with Gasteiger partial charge in [-0.1, -0.05) is 11.3 Å². The van der Waals surface area contributed by atoms with Gasteiger partial charge in [-0.2, -0.15) is 9.97 Å². The zero-order valence-corrected chi connectivity index (χ0v) is 22.9. The predicted octanol–water partition coefficient (Wildman–Crippen LogP) is 3.40. The molecule has 1 unspecified atom stereocenters. The number of benzene rings is 1. The molecule has 3 aliphatic rings. The Bertz CT molecular complexity index is 1600. The highest BCUT2D eigenvalue weighted by Crippen LogP contribution is 2.42. The summed E-state index contributed by atoms with van der Waals surface area (Å²) in [7, 11) is 1.54. The number of nitrogens with two attached hydrogens (primary N) is 1. The lowest BCUT2D eigenvalue weighted by atomic mass is 9.95. The van der Waals surface area contributed by atoms with Gasteiger partial charge in [-0.15, -0.1) is 0 Å². The summed E-state index contributed by atoms with van der Waals surface area (Å²) in [6.07, 6.45) is 1.54. The molecule has 6 heterocycles. The van der Waals surface area contributed by atoms with Crippen LogP contribution < -0.4 is 25.4 Å². The fraction of sp³-hybridized carbons (Fsp3) is 0.481. The van der Waals surface area contributed by atoms with Crippen LogP contribution in [0, 0.1) is 5.82 Å². The number of hydrogen-bond donors (Lipinski definition) is 2. The van der Waals surface area contributed by atoms with E-state index >= 15 is 0 Å². The van der Waals surface area contributed by atoms with Crippen molar-refractivity contribution in [3.63, 3.8) is 0 Å². The van der Waals surface area contributed by atoms with Gasteiger partial charge in [0.1, 0.15) is 24.1 Å². The lowest BCUT2D eigenvalue weighted by Crippen LogP contribution is -2.44. The van der Waals surface area contributed by atoms with E-state index in [4.69, 9.17) is 30.2 Å². The number of alkyl halides is 1. The number of fused-ring (bicyclic) bond motifs is 3. The van der Waals surface area contributed by atoms with Crippen LogP contribution in [0.15, 0.2) is 18.2 Å². The van der Waals surface area contributed by atoms with Crippen molar-refractivity contribution in [3.05, 3.63) is 24.0 Å². The number of thiazole rings is 1. The summed E-state index contributed by atoms with van der Waals surface area (Å²) in [5.41, 5.74) is 8.45. The second-order valence-electron chi connectivity index (χ2n) is 10.7. The van der Waals surface area contributed by atoms with Gasteiger partial charge in [-0.25, -0.2) is 18.7 Å². The number of ether oxygens (including phenoxy) is 2. The first-order chi connectivity index (χ1) is 19.4. The molecule has 3 saturated heterocycles. The first-order valence-corrected chi connectivity index (χ1v) is 14.3. The van der Waals surface area contributed by atoms with Crippen LogP contribution in [-0.4, -0.2) is 89.5 Å². The molecule has 0 radical (unpaired) electrons. The highest BCUT2D eigenvalue weighted by molar-refractivity contribution is 7.22. The normalized spacial score (nSPS) is 23.3. The van der Waals surface area contributed by atoms with Gasteiger partial charge in [0.2, 0.25) is 5.88 Å². The third kappa shape index (κ3) is 4.27. The Kier molecular flexibility index (Phi) is 6.32. The number of methoxy groups -OCH3 is 1. The van der Waals surface area contributed by atoms with Gasteiger partial charge in [-0.05, 0) is 37.6 Å². The van der Waals surface area contributed by atoms with Crippen LogP contribution in [0.3, 0.4) is 0 Å². The number of hydrogen-bond acceptors (Lipinski definition) is 11. The summed E-state index contributed by atoms with van der Waals surface area (Å²) in [6.45, 7) is 4.78. The second kappa shape index (κ2) is 9.89. The maximum absolute atomic E-state index is 14.6. The van der Waals surface area contributed by atoms with Gasteiger partial charge in [-0.3, -0.25) is 4.90 Å². The molecule has 0 spiro atoms. The van der Waals surface area contributed by atoms with E-state index < -0.39 is 6.17 Å². The summed E-state index contributed by atoms with van der Waals surface area (Å²) >= 11 is 1.10. The Hall–Kier alpha value is -3.42. The van der Waals surface area contributed by atoms with Crippen LogP contribution >= 0.6 is 11.3 Å². The van der Waals surface area contributed by atoms with Gasteiger partial charge < -0.3 is 25.4 Å². The Labute approximate surface area is 233 Å². The van der Waals surface area contributed by atoms with E-state index in [2.05, 4.69) is 20.1 Å². The van der Waals surface area contributed by atoms with E-state index in [0.29, 0.717) is 63.6 Å². The molecule has 3 fully saturated rings. The van der Waals surface area contributed by atoms with Crippen LogP contribution in [0.5, 0.6) is 11.9 Å². The number of rotatable bonds is 6. The Morgan fingerprint density at radius 1 is 1.12 bits per heavy atom. The first kappa shape index (κ1) is 25.5. The van der Waals surface area contributed by atoms with Crippen molar-refractivity contribution in [1.29, 1.82) is 0 Å².